The summed E-state index contributed by atoms with van der Waals surface area (Å²) in [5.41, 5.74) is 1.69. The number of hydrogen-bond acceptors (Lipinski definition) is 4. The van der Waals surface area contributed by atoms with Crippen molar-refractivity contribution >= 4 is 22.7 Å². The number of urea groups is 1. The second-order valence-corrected chi connectivity index (χ2v) is 7.02. The molecule has 7 nitrogen and oxygen atoms in total. The largest absolute Gasteiger partial charge is 0.346 e. The summed E-state index contributed by atoms with van der Waals surface area (Å²) in [5, 5.41) is 9.79. The average Bonchev–Trinajstić information content (AvgIpc) is 3.05. The Kier molecular flexibility index (Phi) is 5.77. The third kappa shape index (κ3) is 4.12. The first-order valence-electron chi connectivity index (χ1n) is 9.18. The number of aryl methyl sites for hydroxylation is 1. The Morgan fingerprint density at radius 2 is 1.85 bits per heavy atom. The lowest BCUT2D eigenvalue weighted by atomic mass is 10.1. The zero-order chi connectivity index (χ0) is 19.4. The fraction of sp³-hybridized carbons (Fsp3) is 0.450. The van der Waals surface area contributed by atoms with E-state index in [-0.39, 0.29) is 11.8 Å². The third-order valence-electron chi connectivity index (χ3n) is 4.95. The van der Waals surface area contributed by atoms with Crippen LogP contribution >= 0.6 is 0 Å². The van der Waals surface area contributed by atoms with Crippen molar-refractivity contribution in [1.29, 1.82) is 5.26 Å². The molecule has 142 valence electrons. The van der Waals surface area contributed by atoms with Crippen molar-refractivity contribution in [1.82, 2.24) is 19.3 Å². The lowest BCUT2D eigenvalue weighted by molar-refractivity contribution is 0.0864. The number of nitrogens with zero attached hydrogens (tertiary/aromatic N) is 5. The van der Waals surface area contributed by atoms with E-state index in [9.17, 15) is 9.59 Å². The van der Waals surface area contributed by atoms with Crippen LogP contribution in [-0.4, -0.2) is 77.9 Å². The highest BCUT2D eigenvalue weighted by Crippen LogP contribution is 2.22. The number of rotatable bonds is 5. The standard InChI is InChI=1S/C20H25N5O2/c1-22(2)20(27)24-12-10-23(11-13-24)15-19(26)17-14-25(9-5-8-21)18-7-4-3-6-16(17)18/h3-4,6-7,14H,5,9-13,15H2,1-2H3. The number of hydrogen-bond donors (Lipinski definition) is 0. The molecule has 0 saturated carbocycles. The van der Waals surface area contributed by atoms with E-state index in [1.807, 2.05) is 39.9 Å². The zero-order valence-corrected chi connectivity index (χ0v) is 15.9. The van der Waals surface area contributed by atoms with Gasteiger partial charge in [-0.3, -0.25) is 9.69 Å². The van der Waals surface area contributed by atoms with Crippen LogP contribution in [-0.2, 0) is 6.54 Å². The number of benzene rings is 1. The predicted octanol–water partition coefficient (Wildman–Crippen LogP) is 2.04. The van der Waals surface area contributed by atoms with Crippen LogP contribution < -0.4 is 0 Å². The highest BCUT2D eigenvalue weighted by atomic mass is 16.2. The molecule has 27 heavy (non-hydrogen) atoms. The molecule has 7 heteroatoms. The van der Waals surface area contributed by atoms with Crippen molar-refractivity contribution < 1.29 is 9.59 Å². The highest BCUT2D eigenvalue weighted by molar-refractivity contribution is 6.09. The summed E-state index contributed by atoms with van der Waals surface area (Å²) in [6, 6.07) is 9.99. The van der Waals surface area contributed by atoms with E-state index in [1.54, 1.807) is 19.0 Å². The zero-order valence-electron chi connectivity index (χ0n) is 15.9. The van der Waals surface area contributed by atoms with E-state index < -0.39 is 0 Å². The molecule has 1 fully saturated rings. The summed E-state index contributed by atoms with van der Waals surface area (Å²) in [6.45, 7) is 3.57. The molecule has 1 aliphatic heterocycles. The van der Waals surface area contributed by atoms with Gasteiger partial charge in [0.05, 0.1) is 19.0 Å². The Morgan fingerprint density at radius 3 is 2.52 bits per heavy atom. The molecule has 0 atom stereocenters. The summed E-state index contributed by atoms with van der Waals surface area (Å²) in [6.07, 6.45) is 2.28. The van der Waals surface area contributed by atoms with E-state index in [2.05, 4.69) is 11.0 Å². The first-order valence-corrected chi connectivity index (χ1v) is 9.18. The van der Waals surface area contributed by atoms with Crippen LogP contribution in [0.1, 0.15) is 16.8 Å². The summed E-state index contributed by atoms with van der Waals surface area (Å²) in [4.78, 5) is 30.4. The summed E-state index contributed by atoms with van der Waals surface area (Å²) < 4.78 is 1.99. The number of carbonyl (C=O) groups is 2. The molecule has 0 unspecified atom stereocenters. The average molecular weight is 367 g/mol. The van der Waals surface area contributed by atoms with Crippen LogP contribution in [0.3, 0.4) is 0 Å². The van der Waals surface area contributed by atoms with E-state index in [0.29, 0.717) is 51.3 Å². The number of aromatic nitrogens is 1. The molecular formula is C20H25N5O2. The third-order valence-corrected chi connectivity index (χ3v) is 4.95. The van der Waals surface area contributed by atoms with Gasteiger partial charge < -0.3 is 14.4 Å². The van der Waals surface area contributed by atoms with Crippen LogP contribution in [0.5, 0.6) is 0 Å². The Hall–Kier alpha value is -2.85. The van der Waals surface area contributed by atoms with Gasteiger partial charge >= 0.3 is 6.03 Å². The molecule has 3 rings (SSSR count). The first-order chi connectivity index (χ1) is 13.0. The molecule has 0 radical (unpaired) electrons. The molecule has 1 aromatic heterocycles. The van der Waals surface area contributed by atoms with Crippen LogP contribution in [0.25, 0.3) is 10.9 Å². The SMILES string of the molecule is CN(C)C(=O)N1CCN(CC(=O)c2cn(CCC#N)c3ccccc23)CC1. The van der Waals surface area contributed by atoms with Gasteiger partial charge in [-0.05, 0) is 6.07 Å². The molecular weight excluding hydrogens is 342 g/mol. The molecule has 1 aromatic carbocycles. The number of ketones is 1. The molecule has 2 amide bonds. The van der Waals surface area contributed by atoms with Gasteiger partial charge in [-0.2, -0.15) is 5.26 Å². The Balaban J connectivity index is 1.69. The maximum atomic E-state index is 12.9. The molecule has 1 saturated heterocycles. The number of piperazine rings is 1. The Labute approximate surface area is 159 Å². The van der Waals surface area contributed by atoms with Crippen molar-refractivity contribution in [2.45, 2.75) is 13.0 Å². The second-order valence-electron chi connectivity index (χ2n) is 7.02. The van der Waals surface area contributed by atoms with Gasteiger partial charge in [0.25, 0.3) is 0 Å². The lowest BCUT2D eigenvalue weighted by Crippen LogP contribution is -2.52. The van der Waals surface area contributed by atoms with Crippen LogP contribution in [0.4, 0.5) is 4.79 Å². The van der Waals surface area contributed by atoms with Crippen LogP contribution in [0.2, 0.25) is 0 Å². The Morgan fingerprint density at radius 1 is 1.15 bits per heavy atom. The number of nitriles is 1. The second kappa shape index (κ2) is 8.23. The molecule has 1 aliphatic rings. The fourth-order valence-corrected chi connectivity index (χ4v) is 3.49. The monoisotopic (exact) mass is 367 g/mol. The minimum Gasteiger partial charge on any atom is -0.346 e. The van der Waals surface area contributed by atoms with Crippen molar-refractivity contribution in [3.8, 4) is 6.07 Å². The van der Waals surface area contributed by atoms with Crippen LogP contribution in [0.15, 0.2) is 30.5 Å². The molecule has 2 aromatic rings. The maximum absolute atomic E-state index is 12.9. The predicted molar refractivity (Wildman–Crippen MR) is 104 cm³/mol. The summed E-state index contributed by atoms with van der Waals surface area (Å²) >= 11 is 0. The molecule has 0 bridgehead atoms. The molecule has 0 aliphatic carbocycles. The topological polar surface area (TPSA) is 72.6 Å². The van der Waals surface area contributed by atoms with Crippen molar-refractivity contribution in [3.05, 3.63) is 36.0 Å². The number of fused-ring (bicyclic) bond motifs is 1. The van der Waals surface area contributed by atoms with E-state index in [1.165, 1.54) is 0 Å². The van der Waals surface area contributed by atoms with Gasteiger partial charge in [0.1, 0.15) is 0 Å². The number of para-hydroxylation sites is 1. The van der Waals surface area contributed by atoms with Crippen molar-refractivity contribution in [2.24, 2.45) is 0 Å². The van der Waals surface area contributed by atoms with Gasteiger partial charge in [-0.15, -0.1) is 0 Å². The van der Waals surface area contributed by atoms with Gasteiger partial charge in [-0.1, -0.05) is 18.2 Å². The minimum atomic E-state index is 0.0153. The van der Waals surface area contributed by atoms with E-state index in [4.69, 9.17) is 5.26 Å². The van der Waals surface area contributed by atoms with Crippen molar-refractivity contribution in [2.75, 3.05) is 46.8 Å². The van der Waals surface area contributed by atoms with Gasteiger partial charge in [0.15, 0.2) is 5.78 Å². The smallest absolute Gasteiger partial charge is 0.319 e. The van der Waals surface area contributed by atoms with Gasteiger partial charge in [0, 0.05) is 69.5 Å². The number of Topliss-reactive ketones (excluding diaryl/α,β-unsaturated/α-hetero) is 1. The molecule has 2 heterocycles. The van der Waals surface area contributed by atoms with E-state index in [0.717, 1.165) is 10.9 Å². The fourth-order valence-electron chi connectivity index (χ4n) is 3.49. The maximum Gasteiger partial charge on any atom is 0.319 e. The molecule has 0 N–H and O–H groups in total. The first kappa shape index (κ1) is 18.9. The number of carbonyl (C=O) groups excluding carboxylic acids is 2. The number of amides is 2. The Bertz CT molecular complexity index is 872. The normalized spacial score (nSPS) is 14.9. The van der Waals surface area contributed by atoms with Crippen molar-refractivity contribution in [3.63, 3.8) is 0 Å². The van der Waals surface area contributed by atoms with Gasteiger partial charge in [-0.25, -0.2) is 4.79 Å². The summed E-state index contributed by atoms with van der Waals surface area (Å²) in [5.74, 6) is 0.0780. The van der Waals surface area contributed by atoms with E-state index >= 15 is 0 Å². The van der Waals surface area contributed by atoms with Crippen LogP contribution in [0, 0.1) is 11.3 Å². The minimum absolute atomic E-state index is 0.0153. The lowest BCUT2D eigenvalue weighted by Gasteiger charge is -2.35. The highest BCUT2D eigenvalue weighted by Gasteiger charge is 2.24. The molecule has 0 spiro atoms. The van der Waals surface area contributed by atoms with Gasteiger partial charge in [0.2, 0.25) is 0 Å². The quantitative estimate of drug-likeness (QED) is 0.758. The summed E-state index contributed by atoms with van der Waals surface area (Å²) in [7, 11) is 3.50.